The van der Waals surface area contributed by atoms with Crippen molar-refractivity contribution in [2.75, 3.05) is 7.11 Å². The van der Waals surface area contributed by atoms with Crippen LogP contribution in [0.15, 0.2) is 18.5 Å². The van der Waals surface area contributed by atoms with Gasteiger partial charge in [0.25, 0.3) is 5.91 Å². The maximum absolute atomic E-state index is 11.9. The van der Waals surface area contributed by atoms with Gasteiger partial charge in [-0.2, -0.15) is 0 Å². The number of nitrogens with one attached hydrogen (secondary N) is 1. The van der Waals surface area contributed by atoms with Gasteiger partial charge in [0.2, 0.25) is 5.82 Å². The minimum atomic E-state index is -0.295. The third-order valence-corrected chi connectivity index (χ3v) is 3.31. The molecule has 102 valence electrons. The minimum absolute atomic E-state index is 0.0193. The van der Waals surface area contributed by atoms with Crippen LogP contribution in [0.25, 0.3) is 0 Å². The Bertz CT molecular complexity index is 450. The molecule has 1 heterocycles. The van der Waals surface area contributed by atoms with Crippen molar-refractivity contribution < 1.29 is 14.3 Å². The summed E-state index contributed by atoms with van der Waals surface area (Å²) >= 11 is 0. The number of ether oxygens (including phenoxy) is 1. The van der Waals surface area contributed by atoms with Crippen LogP contribution in [0.4, 0.5) is 0 Å². The molecule has 1 aromatic rings. The molecule has 2 rings (SSSR count). The van der Waals surface area contributed by atoms with Gasteiger partial charge in [0.05, 0.1) is 13.0 Å². The molecule has 0 bridgehead atoms. The Kier molecular flexibility index (Phi) is 4.43. The fourth-order valence-corrected chi connectivity index (χ4v) is 2.37. The maximum Gasteiger partial charge on any atom is 0.308 e. The topological polar surface area (TPSA) is 81.2 Å². The minimum Gasteiger partial charge on any atom is -0.469 e. The molecule has 1 aliphatic rings. The summed E-state index contributed by atoms with van der Waals surface area (Å²) in [6.07, 6.45) is 6.26. The van der Waals surface area contributed by atoms with Crippen LogP contribution in [0.2, 0.25) is 0 Å². The number of nitrogens with zero attached hydrogens (tertiary/aromatic N) is 2. The van der Waals surface area contributed by atoms with E-state index in [1.807, 2.05) is 0 Å². The molecule has 0 spiro atoms. The Morgan fingerprint density at radius 2 is 2.05 bits per heavy atom. The first-order valence-corrected chi connectivity index (χ1v) is 6.36. The van der Waals surface area contributed by atoms with Gasteiger partial charge in [-0.15, -0.1) is 0 Å². The molecule has 19 heavy (non-hydrogen) atoms. The van der Waals surface area contributed by atoms with Gasteiger partial charge >= 0.3 is 5.97 Å². The lowest BCUT2D eigenvalue weighted by Gasteiger charge is -2.27. The lowest BCUT2D eigenvalue weighted by Crippen LogP contribution is -2.40. The summed E-state index contributed by atoms with van der Waals surface area (Å²) in [5.74, 6) is -0.463. The van der Waals surface area contributed by atoms with Crippen LogP contribution in [-0.4, -0.2) is 35.0 Å². The summed E-state index contributed by atoms with van der Waals surface area (Å²) in [6.45, 7) is 0. The smallest absolute Gasteiger partial charge is 0.308 e. The summed E-state index contributed by atoms with van der Waals surface area (Å²) in [5, 5.41) is 2.87. The quantitative estimate of drug-likeness (QED) is 0.821. The summed E-state index contributed by atoms with van der Waals surface area (Å²) in [4.78, 5) is 31.2. The highest BCUT2D eigenvalue weighted by Gasteiger charge is 2.29. The van der Waals surface area contributed by atoms with Crippen LogP contribution in [-0.2, 0) is 9.53 Å². The molecule has 6 heteroatoms. The van der Waals surface area contributed by atoms with E-state index in [0.717, 1.165) is 19.3 Å². The van der Waals surface area contributed by atoms with Crippen molar-refractivity contribution in [1.29, 1.82) is 0 Å². The molecule has 0 aliphatic heterocycles. The normalized spacial score (nSPS) is 22.6. The Labute approximate surface area is 111 Å². The van der Waals surface area contributed by atoms with Gasteiger partial charge in [-0.1, -0.05) is 6.42 Å². The molecule has 2 atom stereocenters. The van der Waals surface area contributed by atoms with E-state index in [1.165, 1.54) is 19.5 Å². The number of amides is 1. The second-order valence-corrected chi connectivity index (χ2v) is 4.63. The monoisotopic (exact) mass is 263 g/mol. The average molecular weight is 263 g/mol. The predicted octanol–water partition coefficient (Wildman–Crippen LogP) is 0.938. The summed E-state index contributed by atoms with van der Waals surface area (Å²) < 4.78 is 4.75. The average Bonchev–Trinajstić information content (AvgIpc) is 2.47. The first-order valence-electron chi connectivity index (χ1n) is 6.36. The molecule has 0 saturated heterocycles. The summed E-state index contributed by atoms with van der Waals surface area (Å²) in [5.41, 5.74) is 0. The molecular formula is C13H17N3O3. The zero-order valence-electron chi connectivity index (χ0n) is 10.8. The molecule has 1 aromatic heterocycles. The third kappa shape index (κ3) is 3.49. The van der Waals surface area contributed by atoms with Crippen molar-refractivity contribution in [2.24, 2.45) is 5.92 Å². The van der Waals surface area contributed by atoms with Gasteiger partial charge < -0.3 is 10.1 Å². The SMILES string of the molecule is COC(=O)[C@@H]1CCC[C@@H](NC(=O)c2ncccn2)C1. The fraction of sp³-hybridized carbons (Fsp3) is 0.538. The second kappa shape index (κ2) is 6.26. The Morgan fingerprint density at radius 3 is 2.74 bits per heavy atom. The molecule has 1 fully saturated rings. The van der Waals surface area contributed by atoms with E-state index in [0.29, 0.717) is 6.42 Å². The molecular weight excluding hydrogens is 246 g/mol. The van der Waals surface area contributed by atoms with Gasteiger partial charge in [0, 0.05) is 18.4 Å². The molecule has 1 N–H and O–H groups in total. The number of methoxy groups -OCH3 is 1. The van der Waals surface area contributed by atoms with Gasteiger partial charge in [0.15, 0.2) is 0 Å². The number of hydrogen-bond acceptors (Lipinski definition) is 5. The van der Waals surface area contributed by atoms with Crippen LogP contribution in [0.1, 0.15) is 36.3 Å². The van der Waals surface area contributed by atoms with E-state index in [-0.39, 0.29) is 29.7 Å². The van der Waals surface area contributed by atoms with Gasteiger partial charge in [-0.25, -0.2) is 9.97 Å². The first-order chi connectivity index (χ1) is 9.20. The molecule has 0 unspecified atom stereocenters. The number of carbonyl (C=O) groups is 2. The highest BCUT2D eigenvalue weighted by Crippen LogP contribution is 2.25. The summed E-state index contributed by atoms with van der Waals surface area (Å²) in [7, 11) is 1.39. The van der Waals surface area contributed by atoms with Crippen LogP contribution >= 0.6 is 0 Å². The van der Waals surface area contributed by atoms with Crippen molar-refractivity contribution in [1.82, 2.24) is 15.3 Å². The Hall–Kier alpha value is -1.98. The van der Waals surface area contributed by atoms with Gasteiger partial charge in [-0.3, -0.25) is 9.59 Å². The van der Waals surface area contributed by atoms with E-state index >= 15 is 0 Å². The number of hydrogen-bond donors (Lipinski definition) is 1. The van der Waals surface area contributed by atoms with E-state index in [1.54, 1.807) is 6.07 Å². The highest BCUT2D eigenvalue weighted by molar-refractivity contribution is 5.90. The summed E-state index contributed by atoms with van der Waals surface area (Å²) in [6, 6.07) is 1.64. The number of aromatic nitrogens is 2. The van der Waals surface area contributed by atoms with Crippen LogP contribution in [0.3, 0.4) is 0 Å². The molecule has 1 saturated carbocycles. The van der Waals surface area contributed by atoms with Gasteiger partial charge in [-0.05, 0) is 25.3 Å². The van der Waals surface area contributed by atoms with Crippen molar-refractivity contribution in [3.05, 3.63) is 24.3 Å². The van der Waals surface area contributed by atoms with Crippen molar-refractivity contribution in [2.45, 2.75) is 31.7 Å². The van der Waals surface area contributed by atoms with Crippen LogP contribution in [0.5, 0.6) is 0 Å². The van der Waals surface area contributed by atoms with Gasteiger partial charge in [0.1, 0.15) is 0 Å². The predicted molar refractivity (Wildman–Crippen MR) is 67.3 cm³/mol. The third-order valence-electron chi connectivity index (χ3n) is 3.31. The van der Waals surface area contributed by atoms with E-state index < -0.39 is 0 Å². The van der Waals surface area contributed by atoms with Crippen LogP contribution in [0, 0.1) is 5.92 Å². The molecule has 1 aliphatic carbocycles. The first kappa shape index (κ1) is 13.5. The lowest BCUT2D eigenvalue weighted by atomic mass is 9.85. The molecule has 1 amide bonds. The van der Waals surface area contributed by atoms with Crippen molar-refractivity contribution in [3.8, 4) is 0 Å². The van der Waals surface area contributed by atoms with Crippen LogP contribution < -0.4 is 5.32 Å². The highest BCUT2D eigenvalue weighted by atomic mass is 16.5. The van der Waals surface area contributed by atoms with Crippen molar-refractivity contribution in [3.63, 3.8) is 0 Å². The maximum atomic E-state index is 11.9. The zero-order chi connectivity index (χ0) is 13.7. The van der Waals surface area contributed by atoms with E-state index in [9.17, 15) is 9.59 Å². The van der Waals surface area contributed by atoms with E-state index in [4.69, 9.17) is 4.74 Å². The Morgan fingerprint density at radius 1 is 1.32 bits per heavy atom. The standard InChI is InChI=1S/C13H17N3O3/c1-19-13(18)9-4-2-5-10(8-9)16-12(17)11-14-6-3-7-15-11/h3,6-7,9-10H,2,4-5,8H2,1H3,(H,16,17)/t9-,10-/m1/s1. The zero-order valence-corrected chi connectivity index (χ0v) is 10.8. The van der Waals surface area contributed by atoms with Crippen molar-refractivity contribution >= 4 is 11.9 Å². The number of rotatable bonds is 3. The number of carbonyl (C=O) groups excluding carboxylic acids is 2. The lowest BCUT2D eigenvalue weighted by molar-refractivity contribution is -0.146. The van der Waals surface area contributed by atoms with E-state index in [2.05, 4.69) is 15.3 Å². The second-order valence-electron chi connectivity index (χ2n) is 4.63. The number of esters is 1. The molecule has 0 radical (unpaired) electrons. The molecule has 0 aromatic carbocycles. The Balaban J connectivity index is 1.92. The fourth-order valence-electron chi connectivity index (χ4n) is 2.37. The molecule has 6 nitrogen and oxygen atoms in total. The largest absolute Gasteiger partial charge is 0.469 e.